The van der Waals surface area contributed by atoms with Crippen molar-refractivity contribution in [3.8, 4) is 0 Å². The van der Waals surface area contributed by atoms with Gasteiger partial charge in [0.15, 0.2) is 0 Å². The molecule has 4 heterocycles. The molecule has 326 valence electrons. The van der Waals surface area contributed by atoms with Gasteiger partial charge in [-0.05, 0) is 105 Å². The number of carbonyl (C=O) groups excluding carboxylic acids is 3. The van der Waals surface area contributed by atoms with Crippen LogP contribution in [0.5, 0.6) is 0 Å². The number of nitrogens with zero attached hydrogens (tertiary/aromatic N) is 5. The second-order valence-corrected chi connectivity index (χ2v) is 17.2. The number of imide groups is 1. The van der Waals surface area contributed by atoms with Crippen LogP contribution in [0, 0.1) is 6.92 Å². The average Bonchev–Trinajstić information content (AvgIpc) is 3.72. The molecule has 1 spiro atoms. The molecule has 2 aromatic heterocycles. The molecule has 8 rings (SSSR count). The Kier molecular flexibility index (Phi) is 13.8. The number of benzene rings is 2. The van der Waals surface area contributed by atoms with Crippen LogP contribution in [0.4, 0.5) is 17.5 Å². The van der Waals surface area contributed by atoms with Crippen LogP contribution in [0.1, 0.15) is 80.5 Å². The topological polar surface area (TPSA) is 180 Å². The van der Waals surface area contributed by atoms with E-state index in [1.54, 1.807) is 23.6 Å². The number of piperidine rings is 1. The van der Waals surface area contributed by atoms with Crippen molar-refractivity contribution >= 4 is 58.2 Å². The summed E-state index contributed by atoms with van der Waals surface area (Å²) in [5.74, 6) is 0.806. The summed E-state index contributed by atoms with van der Waals surface area (Å²) in [5.41, 5.74) is 4.88. The van der Waals surface area contributed by atoms with Crippen molar-refractivity contribution in [1.82, 2.24) is 29.1 Å². The fourth-order valence-electron chi connectivity index (χ4n) is 8.65. The fourth-order valence-corrected chi connectivity index (χ4v) is 9.37. The maximum absolute atomic E-state index is 13.4. The summed E-state index contributed by atoms with van der Waals surface area (Å²) in [6.45, 7) is 6.82. The molecule has 4 aliphatic rings. The Balaban J connectivity index is 0.638. The first-order chi connectivity index (χ1) is 29.7. The Bertz CT molecular complexity index is 2290. The first kappa shape index (κ1) is 43.0. The average molecular weight is 857 g/mol. The van der Waals surface area contributed by atoms with E-state index >= 15 is 0 Å². The van der Waals surface area contributed by atoms with Crippen LogP contribution >= 0.6 is 11.9 Å². The van der Waals surface area contributed by atoms with Crippen molar-refractivity contribution in [1.29, 1.82) is 0 Å². The SMILES string of the molecule is Cc1cc(SNCCOCCOCCOCCOCCCc2ccc3c(c2)n(C)c(=O)n3C2CCC(=O)NC2=O)ccc1Nc1ncc2c(n1)N(C1CCCC1)C(=O)C21CC1. The lowest BCUT2D eigenvalue weighted by atomic mass is 10.0. The van der Waals surface area contributed by atoms with Gasteiger partial charge in [0.25, 0.3) is 0 Å². The van der Waals surface area contributed by atoms with E-state index < -0.39 is 11.9 Å². The van der Waals surface area contributed by atoms with Crippen LogP contribution in [0.2, 0.25) is 0 Å². The van der Waals surface area contributed by atoms with E-state index in [2.05, 4.69) is 39.4 Å². The number of nitrogens with one attached hydrogen (secondary N) is 3. The normalized spacial score (nSPS) is 18.4. The molecule has 0 bridgehead atoms. The molecule has 3 amide bonds. The number of anilines is 3. The molecular formula is C44H56N8O8S. The third kappa shape index (κ3) is 9.71. The number of amides is 3. The molecule has 1 atom stereocenters. The quantitative estimate of drug-likeness (QED) is 0.0560. The molecule has 4 aromatic rings. The molecule has 2 aliphatic carbocycles. The summed E-state index contributed by atoms with van der Waals surface area (Å²) in [4.78, 5) is 63.0. The zero-order valence-corrected chi connectivity index (χ0v) is 35.9. The number of rotatable bonds is 22. The summed E-state index contributed by atoms with van der Waals surface area (Å²) in [6.07, 6.45) is 10.2. The predicted molar refractivity (Wildman–Crippen MR) is 231 cm³/mol. The molecule has 2 saturated carbocycles. The van der Waals surface area contributed by atoms with Crippen molar-refractivity contribution in [3.63, 3.8) is 0 Å². The van der Waals surface area contributed by atoms with E-state index in [9.17, 15) is 19.2 Å². The third-order valence-electron chi connectivity index (χ3n) is 12.1. The van der Waals surface area contributed by atoms with Crippen LogP contribution in [0.25, 0.3) is 11.0 Å². The van der Waals surface area contributed by atoms with Crippen molar-refractivity contribution in [2.24, 2.45) is 7.05 Å². The van der Waals surface area contributed by atoms with Gasteiger partial charge >= 0.3 is 5.69 Å². The Morgan fingerprint density at radius 3 is 2.30 bits per heavy atom. The number of imidazole rings is 1. The van der Waals surface area contributed by atoms with Crippen LogP contribution in [0.15, 0.2) is 52.3 Å². The highest BCUT2D eigenvalue weighted by Crippen LogP contribution is 2.58. The Hall–Kier alpha value is -4.65. The Labute approximate surface area is 359 Å². The van der Waals surface area contributed by atoms with Gasteiger partial charge in [0, 0.05) is 55.0 Å². The van der Waals surface area contributed by atoms with Crippen LogP contribution in [-0.2, 0) is 52.2 Å². The number of ether oxygens (including phenoxy) is 4. The number of aryl methyl sites for hydroxylation is 3. The highest BCUT2D eigenvalue weighted by molar-refractivity contribution is 7.97. The largest absolute Gasteiger partial charge is 0.379 e. The predicted octanol–water partition coefficient (Wildman–Crippen LogP) is 4.78. The van der Waals surface area contributed by atoms with Gasteiger partial charge in [0.05, 0.1) is 62.7 Å². The molecule has 2 aliphatic heterocycles. The maximum Gasteiger partial charge on any atom is 0.329 e. The number of hydrogen-bond donors (Lipinski definition) is 3. The molecule has 1 unspecified atom stereocenters. The highest BCUT2D eigenvalue weighted by atomic mass is 32.2. The van der Waals surface area contributed by atoms with Gasteiger partial charge in [-0.3, -0.25) is 38.5 Å². The minimum Gasteiger partial charge on any atom is -0.379 e. The zero-order chi connectivity index (χ0) is 42.3. The van der Waals surface area contributed by atoms with Crippen molar-refractivity contribution in [3.05, 3.63) is 69.8 Å². The van der Waals surface area contributed by atoms with Crippen molar-refractivity contribution in [2.45, 2.75) is 93.5 Å². The van der Waals surface area contributed by atoms with Crippen LogP contribution in [0.3, 0.4) is 0 Å². The minimum atomic E-state index is -0.691. The van der Waals surface area contributed by atoms with Gasteiger partial charge in [-0.1, -0.05) is 18.9 Å². The van der Waals surface area contributed by atoms with Gasteiger partial charge in [-0.2, -0.15) is 4.98 Å². The van der Waals surface area contributed by atoms with Crippen LogP contribution in [-0.4, -0.2) is 102 Å². The fraction of sp³-hybridized carbons (Fsp3) is 0.545. The lowest BCUT2D eigenvalue weighted by molar-refractivity contribution is -0.135. The maximum atomic E-state index is 13.4. The zero-order valence-electron chi connectivity index (χ0n) is 35.0. The van der Waals surface area contributed by atoms with E-state index in [0.29, 0.717) is 77.3 Å². The summed E-state index contributed by atoms with van der Waals surface area (Å²) in [7, 11) is 1.70. The molecule has 16 nitrogen and oxygen atoms in total. The number of carbonyl (C=O) groups is 3. The first-order valence-corrected chi connectivity index (χ1v) is 22.4. The van der Waals surface area contributed by atoms with Crippen molar-refractivity contribution < 1.29 is 33.3 Å². The second kappa shape index (κ2) is 19.6. The Morgan fingerprint density at radius 2 is 1.59 bits per heavy atom. The smallest absolute Gasteiger partial charge is 0.329 e. The molecule has 3 N–H and O–H groups in total. The van der Waals surface area contributed by atoms with E-state index in [-0.39, 0.29) is 35.4 Å². The summed E-state index contributed by atoms with van der Waals surface area (Å²) in [5, 5.41) is 5.73. The van der Waals surface area contributed by atoms with E-state index in [1.807, 2.05) is 35.4 Å². The highest BCUT2D eigenvalue weighted by Gasteiger charge is 2.61. The lowest BCUT2D eigenvalue weighted by Gasteiger charge is -2.24. The van der Waals surface area contributed by atoms with E-state index in [4.69, 9.17) is 23.9 Å². The van der Waals surface area contributed by atoms with Gasteiger partial charge in [0.2, 0.25) is 23.7 Å². The summed E-state index contributed by atoms with van der Waals surface area (Å²) in [6, 6.07) is 11.6. The monoisotopic (exact) mass is 856 g/mol. The molecule has 17 heteroatoms. The number of aromatic nitrogens is 4. The lowest BCUT2D eigenvalue weighted by Crippen LogP contribution is -2.44. The third-order valence-corrected chi connectivity index (χ3v) is 12.9. The summed E-state index contributed by atoms with van der Waals surface area (Å²) >= 11 is 1.56. The van der Waals surface area contributed by atoms with Gasteiger partial charge in [-0.25, -0.2) is 9.78 Å². The standard InChI is InChI=1S/C44H56N8O8S/c1-29-26-32(10-11-34(29)47-42-45-28-33-39(49-42)51(31-7-3-4-8-31)41(55)44(33)15-16-44)61-46-17-19-58-21-23-60-25-24-59-22-20-57-18-5-6-30-9-12-35-37(27-30)50(2)43(56)52(35)36-13-14-38(53)48-40(36)54/h9-12,26-28,31,36,46H,3-8,13-25H2,1-2H3,(H,45,47,49)(H,48,53,54). The molecule has 0 radical (unpaired) electrons. The molecule has 1 saturated heterocycles. The van der Waals surface area contributed by atoms with Crippen LogP contribution < -0.4 is 25.9 Å². The number of hydrogen-bond acceptors (Lipinski definition) is 13. The van der Waals surface area contributed by atoms with Crippen molar-refractivity contribution in [2.75, 3.05) is 69.6 Å². The van der Waals surface area contributed by atoms with E-state index in [1.165, 1.54) is 4.57 Å². The summed E-state index contributed by atoms with van der Waals surface area (Å²) < 4.78 is 29.1. The van der Waals surface area contributed by atoms with E-state index in [0.717, 1.165) is 90.0 Å². The van der Waals surface area contributed by atoms with Gasteiger partial charge < -0.3 is 24.3 Å². The molecular weight excluding hydrogens is 801 g/mol. The number of fused-ring (bicyclic) bond motifs is 3. The molecule has 3 fully saturated rings. The molecule has 2 aromatic carbocycles. The minimum absolute atomic E-state index is 0.213. The molecule has 61 heavy (non-hydrogen) atoms. The van der Waals surface area contributed by atoms with Gasteiger partial charge in [0.1, 0.15) is 11.9 Å². The second-order valence-electron chi connectivity index (χ2n) is 16.3. The first-order valence-electron chi connectivity index (χ1n) is 21.6. The Morgan fingerprint density at radius 1 is 0.869 bits per heavy atom. The van der Waals surface area contributed by atoms with Gasteiger partial charge in [-0.15, -0.1) is 0 Å².